The Morgan fingerprint density at radius 2 is 1.76 bits per heavy atom. The van der Waals surface area contributed by atoms with E-state index in [2.05, 4.69) is 10.9 Å². The number of para-hydroxylation sites is 2. The molecule has 152 valence electrons. The molecular formula is C20H19FN2O6. The highest BCUT2D eigenvalue weighted by Gasteiger charge is 2.27. The summed E-state index contributed by atoms with van der Waals surface area (Å²) in [5.41, 5.74) is 5.12. The maximum absolute atomic E-state index is 12.8. The summed E-state index contributed by atoms with van der Waals surface area (Å²) in [6.45, 7) is -0.551. The maximum atomic E-state index is 12.8. The lowest BCUT2D eigenvalue weighted by Gasteiger charge is -2.25. The van der Waals surface area contributed by atoms with Crippen molar-refractivity contribution in [1.82, 2.24) is 10.9 Å². The third-order valence-electron chi connectivity index (χ3n) is 4.02. The molecule has 2 aromatic rings. The van der Waals surface area contributed by atoms with Gasteiger partial charge in [-0.1, -0.05) is 24.3 Å². The molecule has 2 aromatic carbocycles. The monoisotopic (exact) mass is 402 g/mol. The molecule has 0 unspecified atom stereocenters. The number of nitrogens with one attached hydrogen (secondary N) is 2. The smallest absolute Gasteiger partial charge is 0.306 e. The lowest BCUT2D eigenvalue weighted by molar-refractivity contribution is -0.149. The first-order chi connectivity index (χ1) is 14.0. The third-order valence-corrected chi connectivity index (χ3v) is 4.02. The second-order valence-corrected chi connectivity index (χ2v) is 6.19. The summed E-state index contributed by atoms with van der Waals surface area (Å²) in [4.78, 5) is 35.5. The van der Waals surface area contributed by atoms with Crippen molar-refractivity contribution in [3.8, 4) is 11.5 Å². The van der Waals surface area contributed by atoms with Crippen LogP contribution < -0.4 is 20.3 Å². The number of rotatable bonds is 6. The molecule has 2 amide bonds. The molecule has 0 bridgehead atoms. The first kappa shape index (κ1) is 20.1. The van der Waals surface area contributed by atoms with Crippen molar-refractivity contribution >= 4 is 17.8 Å². The minimum atomic E-state index is -0.927. The number of ether oxygens (including phenoxy) is 3. The highest BCUT2D eigenvalue weighted by Crippen LogP contribution is 2.30. The van der Waals surface area contributed by atoms with Crippen molar-refractivity contribution in [2.45, 2.75) is 18.9 Å². The van der Waals surface area contributed by atoms with Crippen molar-refractivity contribution in [2.75, 3.05) is 13.2 Å². The summed E-state index contributed by atoms with van der Waals surface area (Å²) in [7, 11) is 0. The van der Waals surface area contributed by atoms with Gasteiger partial charge in [0.1, 0.15) is 12.4 Å². The molecule has 0 fully saturated rings. The van der Waals surface area contributed by atoms with Crippen molar-refractivity contribution in [3.05, 3.63) is 59.9 Å². The largest absolute Gasteiger partial charge is 0.485 e. The zero-order valence-electron chi connectivity index (χ0n) is 15.4. The summed E-state index contributed by atoms with van der Waals surface area (Å²) in [6, 6.07) is 12.7. The molecule has 1 aliphatic rings. The summed E-state index contributed by atoms with van der Waals surface area (Å²) in [6.07, 6.45) is -0.529. The highest BCUT2D eigenvalue weighted by atomic mass is 19.1. The number of fused-ring (bicyclic) bond motifs is 1. The fourth-order valence-electron chi connectivity index (χ4n) is 2.51. The number of hydrogen-bond acceptors (Lipinski definition) is 6. The second-order valence-electron chi connectivity index (χ2n) is 6.19. The number of aryl methyl sites for hydroxylation is 1. The van der Waals surface area contributed by atoms with Crippen LogP contribution in [0, 0.1) is 5.82 Å². The van der Waals surface area contributed by atoms with Crippen LogP contribution in [0.4, 0.5) is 4.39 Å². The maximum Gasteiger partial charge on any atom is 0.306 e. The molecule has 9 heteroatoms. The fourth-order valence-corrected chi connectivity index (χ4v) is 2.51. The normalized spacial score (nSPS) is 14.6. The van der Waals surface area contributed by atoms with Gasteiger partial charge in [-0.15, -0.1) is 0 Å². The Kier molecular flexibility index (Phi) is 6.62. The van der Waals surface area contributed by atoms with Gasteiger partial charge >= 0.3 is 5.97 Å². The molecule has 0 radical (unpaired) electrons. The van der Waals surface area contributed by atoms with Gasteiger partial charge in [0.2, 0.25) is 6.10 Å². The van der Waals surface area contributed by atoms with E-state index in [1.165, 1.54) is 12.1 Å². The summed E-state index contributed by atoms with van der Waals surface area (Å²) >= 11 is 0. The zero-order valence-corrected chi connectivity index (χ0v) is 15.4. The van der Waals surface area contributed by atoms with Crippen LogP contribution in [0.2, 0.25) is 0 Å². The minimum Gasteiger partial charge on any atom is -0.485 e. The number of hydrazine groups is 1. The van der Waals surface area contributed by atoms with E-state index in [0.29, 0.717) is 17.9 Å². The number of halogens is 1. The van der Waals surface area contributed by atoms with Crippen molar-refractivity contribution in [2.24, 2.45) is 0 Å². The molecule has 1 atom stereocenters. The third kappa shape index (κ3) is 5.93. The number of benzene rings is 2. The van der Waals surface area contributed by atoms with E-state index in [1.807, 2.05) is 0 Å². The first-order valence-corrected chi connectivity index (χ1v) is 8.88. The molecule has 1 heterocycles. The average Bonchev–Trinajstić information content (AvgIpc) is 2.75. The molecule has 0 saturated carbocycles. The lowest BCUT2D eigenvalue weighted by atomic mass is 10.1. The highest BCUT2D eigenvalue weighted by molar-refractivity contribution is 5.86. The summed E-state index contributed by atoms with van der Waals surface area (Å²) in [5.74, 6) is -1.28. The predicted octanol–water partition coefficient (Wildman–Crippen LogP) is 1.29. The Bertz CT molecular complexity index is 887. The van der Waals surface area contributed by atoms with Crippen molar-refractivity contribution < 1.29 is 33.0 Å². The van der Waals surface area contributed by atoms with Gasteiger partial charge in [0.15, 0.2) is 18.1 Å². The van der Waals surface area contributed by atoms with E-state index in [1.54, 1.807) is 36.4 Å². The van der Waals surface area contributed by atoms with Crippen LogP contribution in [0.15, 0.2) is 48.5 Å². The summed E-state index contributed by atoms with van der Waals surface area (Å²) < 4.78 is 28.6. The van der Waals surface area contributed by atoms with Crippen LogP contribution in [-0.2, 0) is 25.5 Å². The standard InChI is InChI=1S/C20H19FN2O6/c21-14-8-5-13(6-9-14)7-10-19(25)28-12-18(24)22-23-20(26)17-11-27-15-3-1-2-4-16(15)29-17/h1-6,8-9,17H,7,10-12H2,(H,22,24)(H,23,26)/t17-/m0/s1. The van der Waals surface area contributed by atoms with Gasteiger partial charge in [-0.25, -0.2) is 4.39 Å². The fraction of sp³-hybridized carbons (Fsp3) is 0.250. The van der Waals surface area contributed by atoms with Gasteiger partial charge in [-0.3, -0.25) is 25.2 Å². The molecule has 1 aliphatic heterocycles. The Morgan fingerprint density at radius 3 is 2.52 bits per heavy atom. The van der Waals surface area contributed by atoms with Crippen LogP contribution in [0.1, 0.15) is 12.0 Å². The van der Waals surface area contributed by atoms with Crippen LogP contribution >= 0.6 is 0 Å². The Labute approximate surface area is 165 Å². The molecule has 8 nitrogen and oxygen atoms in total. The SMILES string of the molecule is O=C(COC(=O)CCc1ccc(F)cc1)NNC(=O)[C@@H]1COc2ccccc2O1. The Balaban J connectivity index is 1.34. The number of carbonyl (C=O) groups excluding carboxylic acids is 3. The molecule has 2 N–H and O–H groups in total. The van der Waals surface area contributed by atoms with Crippen molar-refractivity contribution in [3.63, 3.8) is 0 Å². The Morgan fingerprint density at radius 1 is 1.03 bits per heavy atom. The molecule has 0 saturated heterocycles. The van der Waals surface area contributed by atoms with Gasteiger partial charge in [-0.05, 0) is 36.2 Å². The zero-order chi connectivity index (χ0) is 20.6. The predicted molar refractivity (Wildman–Crippen MR) is 98.3 cm³/mol. The first-order valence-electron chi connectivity index (χ1n) is 8.88. The van der Waals surface area contributed by atoms with Gasteiger partial charge < -0.3 is 14.2 Å². The second kappa shape index (κ2) is 9.54. The van der Waals surface area contributed by atoms with Gasteiger partial charge in [0.25, 0.3) is 11.8 Å². The minimum absolute atomic E-state index is 0.00289. The molecular weight excluding hydrogens is 383 g/mol. The van der Waals surface area contributed by atoms with E-state index >= 15 is 0 Å². The van der Waals surface area contributed by atoms with Crippen LogP contribution in [0.3, 0.4) is 0 Å². The lowest BCUT2D eigenvalue weighted by Crippen LogP contribution is -2.51. The van der Waals surface area contributed by atoms with Gasteiger partial charge in [-0.2, -0.15) is 0 Å². The molecule has 29 heavy (non-hydrogen) atoms. The number of amides is 2. The average molecular weight is 402 g/mol. The van der Waals surface area contributed by atoms with E-state index in [9.17, 15) is 18.8 Å². The van der Waals surface area contributed by atoms with E-state index < -0.39 is 30.5 Å². The molecule has 0 spiro atoms. The van der Waals surface area contributed by atoms with Crippen LogP contribution in [-0.4, -0.2) is 37.1 Å². The quantitative estimate of drug-likeness (QED) is 0.558. The number of carbonyl (C=O) groups is 3. The number of esters is 1. The summed E-state index contributed by atoms with van der Waals surface area (Å²) in [5, 5.41) is 0. The topological polar surface area (TPSA) is 103 Å². The Hall–Kier alpha value is -3.62. The van der Waals surface area contributed by atoms with Gasteiger partial charge in [0, 0.05) is 6.42 Å². The van der Waals surface area contributed by atoms with E-state index in [-0.39, 0.29) is 18.8 Å². The van der Waals surface area contributed by atoms with Crippen LogP contribution in [0.5, 0.6) is 11.5 Å². The van der Waals surface area contributed by atoms with Gasteiger partial charge in [0.05, 0.1) is 0 Å². The van der Waals surface area contributed by atoms with Crippen molar-refractivity contribution in [1.29, 1.82) is 0 Å². The van der Waals surface area contributed by atoms with Crippen LogP contribution in [0.25, 0.3) is 0 Å². The van der Waals surface area contributed by atoms with E-state index in [0.717, 1.165) is 5.56 Å². The molecule has 0 aromatic heterocycles. The van der Waals surface area contributed by atoms with E-state index in [4.69, 9.17) is 14.2 Å². The molecule has 3 rings (SSSR count). The number of hydrogen-bond donors (Lipinski definition) is 2. The molecule has 0 aliphatic carbocycles.